The zero-order valence-corrected chi connectivity index (χ0v) is 22.0. The zero-order valence-electron chi connectivity index (χ0n) is 20.4. The molecular formula is C25H31N5O4S2. The summed E-state index contributed by atoms with van der Waals surface area (Å²) >= 11 is 6.72. The Kier molecular flexibility index (Phi) is 8.02. The summed E-state index contributed by atoms with van der Waals surface area (Å²) in [7, 11) is 0. The van der Waals surface area contributed by atoms with Crippen molar-refractivity contribution in [3.63, 3.8) is 0 Å². The Labute approximate surface area is 219 Å². The summed E-state index contributed by atoms with van der Waals surface area (Å²) in [5.41, 5.74) is 1.65. The summed E-state index contributed by atoms with van der Waals surface area (Å²) in [5.74, 6) is 0.299. The molecule has 5 heterocycles. The van der Waals surface area contributed by atoms with Gasteiger partial charge in [-0.15, -0.1) is 0 Å². The number of amides is 1. The van der Waals surface area contributed by atoms with Crippen molar-refractivity contribution in [3.8, 4) is 0 Å². The van der Waals surface area contributed by atoms with Gasteiger partial charge in [0.05, 0.1) is 36.3 Å². The first-order chi connectivity index (χ1) is 17.5. The number of hydrogen-bond acceptors (Lipinski definition) is 9. The normalized spacial score (nSPS) is 22.3. The van der Waals surface area contributed by atoms with Gasteiger partial charge in [0.1, 0.15) is 15.8 Å². The maximum Gasteiger partial charge on any atom is 0.267 e. The Morgan fingerprint density at radius 1 is 1.28 bits per heavy atom. The molecule has 3 aliphatic rings. The van der Waals surface area contributed by atoms with Gasteiger partial charge in [0.15, 0.2) is 0 Å². The van der Waals surface area contributed by atoms with Crippen LogP contribution in [-0.2, 0) is 14.3 Å². The number of fused-ring (bicyclic) bond motifs is 1. The lowest BCUT2D eigenvalue weighted by atomic mass is 10.2. The highest BCUT2D eigenvalue weighted by Crippen LogP contribution is 2.34. The maximum atomic E-state index is 13.5. The molecule has 0 saturated carbocycles. The molecule has 11 heteroatoms. The first-order valence-electron chi connectivity index (χ1n) is 12.4. The summed E-state index contributed by atoms with van der Waals surface area (Å²) in [6, 6.07) is 3.76. The molecule has 0 aromatic carbocycles. The van der Waals surface area contributed by atoms with Crippen LogP contribution in [-0.4, -0.2) is 88.1 Å². The molecule has 3 aliphatic heterocycles. The lowest BCUT2D eigenvalue weighted by Crippen LogP contribution is -2.37. The number of nitrogens with one attached hydrogen (secondary N) is 1. The van der Waals surface area contributed by atoms with Gasteiger partial charge in [-0.2, -0.15) is 0 Å². The van der Waals surface area contributed by atoms with E-state index < -0.39 is 0 Å². The van der Waals surface area contributed by atoms with Crippen LogP contribution >= 0.6 is 24.0 Å². The lowest BCUT2D eigenvalue weighted by molar-refractivity contribution is -0.123. The Morgan fingerprint density at radius 3 is 2.89 bits per heavy atom. The minimum absolute atomic E-state index is 0.00600. The molecule has 1 N–H and O–H groups in total. The molecule has 0 unspecified atom stereocenters. The van der Waals surface area contributed by atoms with Gasteiger partial charge in [-0.3, -0.25) is 23.8 Å². The van der Waals surface area contributed by atoms with Crippen LogP contribution in [0.2, 0.25) is 0 Å². The molecule has 0 bridgehead atoms. The van der Waals surface area contributed by atoms with Gasteiger partial charge in [-0.1, -0.05) is 30.0 Å². The number of carbonyl (C=O) groups excluding carboxylic acids is 1. The second-order valence-electron chi connectivity index (χ2n) is 9.23. The fraction of sp³-hybridized carbons (Fsp3) is 0.520. The maximum absolute atomic E-state index is 13.5. The molecule has 5 rings (SSSR count). The van der Waals surface area contributed by atoms with Crippen molar-refractivity contribution in [2.45, 2.75) is 32.3 Å². The molecule has 0 spiro atoms. The van der Waals surface area contributed by atoms with E-state index in [1.165, 1.54) is 16.2 Å². The average molecular weight is 530 g/mol. The SMILES string of the molecule is Cc1cccn2c(=O)c(/C=C3\SC(=S)N(C[C@H]4CCCO4)C3=O)c(NCCCN3CCOCC3)nc12. The van der Waals surface area contributed by atoms with Gasteiger partial charge < -0.3 is 14.8 Å². The van der Waals surface area contributed by atoms with Crippen LogP contribution in [0.4, 0.5) is 5.82 Å². The van der Waals surface area contributed by atoms with Gasteiger partial charge in [-0.25, -0.2) is 4.98 Å². The number of aromatic nitrogens is 2. The molecule has 3 saturated heterocycles. The third-order valence-electron chi connectivity index (χ3n) is 6.69. The van der Waals surface area contributed by atoms with E-state index in [0.29, 0.717) is 39.3 Å². The van der Waals surface area contributed by atoms with Gasteiger partial charge in [0.2, 0.25) is 0 Å². The van der Waals surface area contributed by atoms with Crippen molar-refractivity contribution in [2.24, 2.45) is 0 Å². The number of anilines is 1. The van der Waals surface area contributed by atoms with E-state index in [0.717, 1.165) is 64.3 Å². The summed E-state index contributed by atoms with van der Waals surface area (Å²) in [6.07, 6.45) is 6.17. The molecule has 36 heavy (non-hydrogen) atoms. The molecule has 192 valence electrons. The third kappa shape index (κ3) is 5.50. The molecule has 0 radical (unpaired) electrons. The van der Waals surface area contributed by atoms with Crippen LogP contribution in [0.25, 0.3) is 11.7 Å². The third-order valence-corrected chi connectivity index (χ3v) is 8.07. The van der Waals surface area contributed by atoms with Crippen LogP contribution < -0.4 is 10.9 Å². The van der Waals surface area contributed by atoms with Gasteiger partial charge >= 0.3 is 0 Å². The number of thioether (sulfide) groups is 1. The minimum Gasteiger partial charge on any atom is -0.379 e. The van der Waals surface area contributed by atoms with Crippen molar-refractivity contribution in [1.29, 1.82) is 0 Å². The standard InChI is InChI=1S/C25H31N5O4S2/c1-17-5-2-9-29-22(17)27-21(26-7-4-8-28-10-13-33-14-11-28)19(23(29)31)15-20-24(32)30(25(35)36-20)16-18-6-3-12-34-18/h2,5,9,15,18,26H,3-4,6-8,10-14,16H2,1H3/b20-15-/t18-/m1/s1. The minimum atomic E-state index is -0.219. The predicted octanol–water partition coefficient (Wildman–Crippen LogP) is 2.52. The number of rotatable bonds is 8. The topological polar surface area (TPSA) is 88.4 Å². The van der Waals surface area contributed by atoms with E-state index in [-0.39, 0.29) is 17.6 Å². The Hall–Kier alpha value is -2.31. The van der Waals surface area contributed by atoms with Crippen LogP contribution in [0.1, 0.15) is 30.4 Å². The number of carbonyl (C=O) groups is 1. The van der Waals surface area contributed by atoms with Crippen molar-refractivity contribution in [1.82, 2.24) is 19.2 Å². The van der Waals surface area contributed by atoms with E-state index in [1.54, 1.807) is 17.2 Å². The van der Waals surface area contributed by atoms with E-state index in [9.17, 15) is 9.59 Å². The summed E-state index contributed by atoms with van der Waals surface area (Å²) in [4.78, 5) is 35.9. The molecule has 2 aromatic heterocycles. The highest BCUT2D eigenvalue weighted by Gasteiger charge is 2.35. The van der Waals surface area contributed by atoms with Gasteiger partial charge in [-0.05, 0) is 50.4 Å². The summed E-state index contributed by atoms with van der Waals surface area (Å²) in [6.45, 7) is 8.11. The predicted molar refractivity (Wildman–Crippen MR) is 145 cm³/mol. The molecule has 1 atom stereocenters. The van der Waals surface area contributed by atoms with E-state index in [4.69, 9.17) is 26.7 Å². The van der Waals surface area contributed by atoms with E-state index >= 15 is 0 Å². The number of thiocarbonyl (C=S) groups is 1. The molecular weight excluding hydrogens is 498 g/mol. The average Bonchev–Trinajstić information content (AvgIpc) is 3.49. The molecule has 0 aliphatic carbocycles. The molecule has 3 fully saturated rings. The zero-order chi connectivity index (χ0) is 25.1. The van der Waals surface area contributed by atoms with Gasteiger partial charge in [0.25, 0.3) is 11.5 Å². The van der Waals surface area contributed by atoms with E-state index in [1.807, 2.05) is 19.1 Å². The number of hydrogen-bond donors (Lipinski definition) is 1. The number of morpholine rings is 1. The highest BCUT2D eigenvalue weighted by atomic mass is 32.2. The highest BCUT2D eigenvalue weighted by molar-refractivity contribution is 8.26. The number of aryl methyl sites for hydroxylation is 1. The lowest BCUT2D eigenvalue weighted by Gasteiger charge is -2.26. The van der Waals surface area contributed by atoms with Crippen LogP contribution in [0.15, 0.2) is 28.0 Å². The largest absolute Gasteiger partial charge is 0.379 e. The quantitative estimate of drug-likeness (QED) is 0.315. The monoisotopic (exact) mass is 529 g/mol. The first kappa shape index (κ1) is 25.3. The molecule has 2 aromatic rings. The van der Waals surface area contributed by atoms with Crippen molar-refractivity contribution >= 4 is 51.7 Å². The Balaban J connectivity index is 1.40. The van der Waals surface area contributed by atoms with Crippen LogP contribution in [0, 0.1) is 6.92 Å². The second-order valence-corrected chi connectivity index (χ2v) is 10.9. The van der Waals surface area contributed by atoms with Crippen molar-refractivity contribution in [3.05, 3.63) is 44.7 Å². The van der Waals surface area contributed by atoms with Crippen molar-refractivity contribution < 1.29 is 14.3 Å². The van der Waals surface area contributed by atoms with Crippen molar-refractivity contribution in [2.75, 3.05) is 57.9 Å². The van der Waals surface area contributed by atoms with E-state index in [2.05, 4.69) is 10.2 Å². The number of ether oxygens (including phenoxy) is 2. The summed E-state index contributed by atoms with van der Waals surface area (Å²) < 4.78 is 13.1. The fourth-order valence-electron chi connectivity index (χ4n) is 4.69. The number of nitrogens with zero attached hydrogens (tertiary/aromatic N) is 4. The Bertz CT molecular complexity index is 1230. The second kappa shape index (κ2) is 11.4. The first-order valence-corrected chi connectivity index (χ1v) is 13.7. The van der Waals surface area contributed by atoms with Crippen LogP contribution in [0.3, 0.4) is 0 Å². The van der Waals surface area contributed by atoms with Gasteiger partial charge in [0, 0.05) is 32.4 Å². The smallest absolute Gasteiger partial charge is 0.267 e. The molecule has 1 amide bonds. The number of pyridine rings is 1. The fourth-order valence-corrected chi connectivity index (χ4v) is 5.95. The summed E-state index contributed by atoms with van der Waals surface area (Å²) in [5, 5.41) is 3.37. The Morgan fingerprint density at radius 2 is 2.11 bits per heavy atom. The molecule has 9 nitrogen and oxygen atoms in total. The van der Waals surface area contributed by atoms with Crippen LogP contribution in [0.5, 0.6) is 0 Å².